The molecule has 1 fully saturated rings. The minimum atomic E-state index is 0.144. The van der Waals surface area contributed by atoms with Crippen molar-refractivity contribution in [3.05, 3.63) is 12.7 Å². The van der Waals surface area contributed by atoms with E-state index in [4.69, 9.17) is 5.73 Å². The Hall–Kier alpha value is -0.870. The van der Waals surface area contributed by atoms with E-state index in [1.807, 2.05) is 6.08 Å². The van der Waals surface area contributed by atoms with Gasteiger partial charge in [0.15, 0.2) is 0 Å². The summed E-state index contributed by atoms with van der Waals surface area (Å²) in [5.74, 6) is 0.305. The summed E-state index contributed by atoms with van der Waals surface area (Å²) in [5.41, 5.74) is 5.36. The fraction of sp³-hybridized carbons (Fsp3) is 0.750. The Bertz CT molecular complexity index is 230. The minimum absolute atomic E-state index is 0.144. The van der Waals surface area contributed by atoms with Crippen LogP contribution in [0.4, 0.5) is 0 Å². The Morgan fingerprint density at radius 2 is 2.44 bits per heavy atom. The van der Waals surface area contributed by atoms with Gasteiger partial charge in [-0.2, -0.15) is 0 Å². The van der Waals surface area contributed by atoms with Gasteiger partial charge in [-0.1, -0.05) is 6.08 Å². The maximum atomic E-state index is 11.8. The van der Waals surface area contributed by atoms with Crippen LogP contribution in [0.3, 0.4) is 0 Å². The number of likely N-dealkylation sites (tertiary alicyclic amines) is 1. The molecule has 92 valence electrons. The third kappa shape index (κ3) is 4.33. The molecule has 0 aromatic carbocycles. The van der Waals surface area contributed by atoms with Gasteiger partial charge < -0.3 is 16.0 Å². The highest BCUT2D eigenvalue weighted by molar-refractivity contribution is 5.78. The first-order valence-corrected chi connectivity index (χ1v) is 6.09. The van der Waals surface area contributed by atoms with Crippen molar-refractivity contribution in [3.8, 4) is 0 Å². The van der Waals surface area contributed by atoms with Crippen molar-refractivity contribution in [1.82, 2.24) is 10.2 Å². The summed E-state index contributed by atoms with van der Waals surface area (Å²) in [5, 5.41) is 2.87. The molecule has 1 amide bonds. The maximum absolute atomic E-state index is 11.8. The summed E-state index contributed by atoms with van der Waals surface area (Å²) in [4.78, 5) is 14.1. The van der Waals surface area contributed by atoms with E-state index in [0.717, 1.165) is 38.9 Å². The summed E-state index contributed by atoms with van der Waals surface area (Å²) in [6.45, 7) is 7.82. The lowest BCUT2D eigenvalue weighted by molar-refractivity contribution is -0.126. The van der Waals surface area contributed by atoms with Gasteiger partial charge in [0, 0.05) is 26.2 Å². The molecule has 0 aromatic rings. The second kappa shape index (κ2) is 7.41. The zero-order chi connectivity index (χ0) is 11.8. The number of nitrogens with zero attached hydrogens (tertiary/aromatic N) is 1. The second-order valence-electron chi connectivity index (χ2n) is 4.30. The van der Waals surface area contributed by atoms with Gasteiger partial charge in [-0.05, 0) is 25.8 Å². The zero-order valence-corrected chi connectivity index (χ0v) is 9.95. The number of hydrogen-bond donors (Lipinski definition) is 2. The van der Waals surface area contributed by atoms with Crippen LogP contribution < -0.4 is 11.1 Å². The van der Waals surface area contributed by atoms with Crippen LogP contribution >= 0.6 is 0 Å². The first-order chi connectivity index (χ1) is 7.77. The van der Waals surface area contributed by atoms with Gasteiger partial charge in [0.1, 0.15) is 0 Å². The highest BCUT2D eigenvalue weighted by Crippen LogP contribution is 2.16. The molecule has 3 N–H and O–H groups in total. The molecule has 1 aliphatic rings. The van der Waals surface area contributed by atoms with E-state index in [2.05, 4.69) is 16.8 Å². The molecule has 0 aliphatic carbocycles. The molecular formula is C12H23N3O. The average molecular weight is 225 g/mol. The molecule has 4 nitrogen and oxygen atoms in total. The van der Waals surface area contributed by atoms with Crippen molar-refractivity contribution >= 4 is 5.91 Å². The first kappa shape index (κ1) is 13.2. The summed E-state index contributed by atoms with van der Waals surface area (Å²) in [6, 6.07) is 0. The van der Waals surface area contributed by atoms with E-state index < -0.39 is 0 Å². The van der Waals surface area contributed by atoms with Gasteiger partial charge in [0.25, 0.3) is 0 Å². The zero-order valence-electron chi connectivity index (χ0n) is 9.95. The number of carbonyl (C=O) groups is 1. The van der Waals surface area contributed by atoms with Crippen LogP contribution in [0, 0.1) is 5.92 Å². The Kier molecular flexibility index (Phi) is 6.11. The van der Waals surface area contributed by atoms with E-state index in [0.29, 0.717) is 13.1 Å². The monoisotopic (exact) mass is 225 g/mol. The summed E-state index contributed by atoms with van der Waals surface area (Å²) in [7, 11) is 0. The largest absolute Gasteiger partial charge is 0.355 e. The van der Waals surface area contributed by atoms with E-state index >= 15 is 0 Å². The standard InChI is InChI=1S/C12H23N3O/c1-2-3-8-15-9-4-5-11(10-15)12(16)14-7-6-13/h2,11H,1,3-10,13H2,(H,14,16). The molecular weight excluding hydrogens is 202 g/mol. The molecule has 1 unspecified atom stereocenters. The van der Waals surface area contributed by atoms with Crippen molar-refractivity contribution in [2.24, 2.45) is 11.7 Å². The number of amides is 1. The van der Waals surface area contributed by atoms with Crippen molar-refractivity contribution < 1.29 is 4.79 Å². The number of carbonyl (C=O) groups excluding carboxylic acids is 1. The number of nitrogens with two attached hydrogens (primary N) is 1. The molecule has 0 bridgehead atoms. The average Bonchev–Trinajstić information content (AvgIpc) is 2.33. The predicted octanol–water partition coefficient (Wildman–Crippen LogP) is 0.349. The molecule has 1 saturated heterocycles. The van der Waals surface area contributed by atoms with E-state index in [1.165, 1.54) is 0 Å². The molecule has 16 heavy (non-hydrogen) atoms. The summed E-state index contributed by atoms with van der Waals surface area (Å²) in [6.07, 6.45) is 5.04. The third-order valence-corrected chi connectivity index (χ3v) is 2.97. The number of nitrogens with one attached hydrogen (secondary N) is 1. The van der Waals surface area contributed by atoms with Crippen LogP contribution in [0.1, 0.15) is 19.3 Å². The Morgan fingerprint density at radius 1 is 1.62 bits per heavy atom. The van der Waals surface area contributed by atoms with Gasteiger partial charge in [-0.3, -0.25) is 4.79 Å². The molecule has 1 rings (SSSR count). The lowest BCUT2D eigenvalue weighted by atomic mass is 9.97. The van der Waals surface area contributed by atoms with Crippen LogP contribution in [-0.2, 0) is 4.79 Å². The SMILES string of the molecule is C=CCCN1CCCC(C(=O)NCCN)C1. The van der Waals surface area contributed by atoms with Crippen LogP contribution in [0.25, 0.3) is 0 Å². The van der Waals surface area contributed by atoms with Crippen LogP contribution in [0.5, 0.6) is 0 Å². The van der Waals surface area contributed by atoms with Gasteiger partial charge in [-0.15, -0.1) is 6.58 Å². The van der Waals surface area contributed by atoms with Crippen molar-refractivity contribution in [1.29, 1.82) is 0 Å². The quantitative estimate of drug-likeness (QED) is 0.641. The molecule has 1 atom stereocenters. The van der Waals surface area contributed by atoms with Crippen molar-refractivity contribution in [2.75, 3.05) is 32.7 Å². The Labute approximate surface area is 97.9 Å². The number of hydrogen-bond acceptors (Lipinski definition) is 3. The lowest BCUT2D eigenvalue weighted by Gasteiger charge is -2.31. The van der Waals surface area contributed by atoms with Gasteiger partial charge in [-0.25, -0.2) is 0 Å². The Morgan fingerprint density at radius 3 is 3.12 bits per heavy atom. The molecule has 4 heteroatoms. The van der Waals surface area contributed by atoms with Crippen LogP contribution in [-0.4, -0.2) is 43.5 Å². The van der Waals surface area contributed by atoms with E-state index in [-0.39, 0.29) is 11.8 Å². The van der Waals surface area contributed by atoms with Crippen LogP contribution in [0.15, 0.2) is 12.7 Å². The fourth-order valence-electron chi connectivity index (χ4n) is 2.09. The normalized spacial score (nSPS) is 21.7. The highest BCUT2D eigenvalue weighted by atomic mass is 16.1. The molecule has 0 spiro atoms. The molecule has 1 aliphatic heterocycles. The van der Waals surface area contributed by atoms with Gasteiger partial charge in [0.05, 0.1) is 5.92 Å². The highest BCUT2D eigenvalue weighted by Gasteiger charge is 2.24. The second-order valence-corrected chi connectivity index (χ2v) is 4.30. The summed E-state index contributed by atoms with van der Waals surface area (Å²) < 4.78 is 0. The first-order valence-electron chi connectivity index (χ1n) is 6.09. The molecule has 0 radical (unpaired) electrons. The summed E-state index contributed by atoms with van der Waals surface area (Å²) >= 11 is 0. The number of rotatable bonds is 6. The van der Waals surface area contributed by atoms with Gasteiger partial charge >= 0.3 is 0 Å². The van der Waals surface area contributed by atoms with Crippen molar-refractivity contribution in [2.45, 2.75) is 19.3 Å². The molecule has 1 heterocycles. The minimum Gasteiger partial charge on any atom is -0.355 e. The maximum Gasteiger partial charge on any atom is 0.224 e. The van der Waals surface area contributed by atoms with Crippen molar-refractivity contribution in [3.63, 3.8) is 0 Å². The van der Waals surface area contributed by atoms with Gasteiger partial charge in [0.2, 0.25) is 5.91 Å². The van der Waals surface area contributed by atoms with E-state index in [1.54, 1.807) is 0 Å². The topological polar surface area (TPSA) is 58.4 Å². The number of piperidine rings is 1. The third-order valence-electron chi connectivity index (χ3n) is 2.97. The fourth-order valence-corrected chi connectivity index (χ4v) is 2.09. The molecule has 0 saturated carbocycles. The Balaban J connectivity index is 2.31. The molecule has 0 aromatic heterocycles. The smallest absolute Gasteiger partial charge is 0.224 e. The van der Waals surface area contributed by atoms with Crippen LogP contribution in [0.2, 0.25) is 0 Å². The predicted molar refractivity (Wildman–Crippen MR) is 66.0 cm³/mol. The van der Waals surface area contributed by atoms with E-state index in [9.17, 15) is 4.79 Å². The lowest BCUT2D eigenvalue weighted by Crippen LogP contribution is -2.44.